The molecule has 0 saturated heterocycles. The zero-order valence-corrected chi connectivity index (χ0v) is 7.54. The summed E-state index contributed by atoms with van der Waals surface area (Å²) in [5.74, 6) is 0.504. The molecule has 0 bridgehead atoms. The van der Waals surface area contributed by atoms with Crippen LogP contribution >= 0.6 is 22.9 Å². The minimum absolute atomic E-state index is 0.504. The molecule has 10 heavy (non-hydrogen) atoms. The zero-order chi connectivity index (χ0) is 7.56. The van der Waals surface area contributed by atoms with Crippen molar-refractivity contribution in [3.05, 3.63) is 11.1 Å². The summed E-state index contributed by atoms with van der Waals surface area (Å²) in [6.45, 7) is 0. The molecule has 0 saturated carbocycles. The maximum atomic E-state index is 5.57. The molecule has 0 unspecified atom stereocenters. The summed E-state index contributed by atoms with van der Waals surface area (Å²) < 4.78 is 0. The minimum atomic E-state index is 0.504. The second-order valence-electron chi connectivity index (χ2n) is 2.15. The lowest BCUT2D eigenvalue weighted by atomic mass is 10.6. The van der Waals surface area contributed by atoms with Crippen molar-refractivity contribution in [1.29, 1.82) is 0 Å². The molecule has 0 aliphatic carbocycles. The number of hydrogen-bond acceptors (Lipinski definition) is 3. The van der Waals surface area contributed by atoms with Gasteiger partial charge in [-0.05, 0) is 0 Å². The fraction of sp³-hybridized carbons (Fsp3) is 0.500. The minimum Gasteiger partial charge on any atom is -0.354 e. The average molecular weight is 177 g/mol. The highest BCUT2D eigenvalue weighted by molar-refractivity contribution is 7.13. The summed E-state index contributed by atoms with van der Waals surface area (Å²) in [7, 11) is 3.94. The lowest BCUT2D eigenvalue weighted by Crippen LogP contribution is -2.07. The number of hydrogen-bond donors (Lipinski definition) is 0. The predicted molar refractivity (Wildman–Crippen MR) is 46.0 cm³/mol. The third kappa shape index (κ3) is 1.61. The highest BCUT2D eigenvalue weighted by Gasteiger charge is 2.00. The van der Waals surface area contributed by atoms with Crippen LogP contribution in [0.4, 0.5) is 5.13 Å². The van der Waals surface area contributed by atoms with Gasteiger partial charge in [0.25, 0.3) is 0 Å². The van der Waals surface area contributed by atoms with Gasteiger partial charge in [0.15, 0.2) is 5.13 Å². The molecular formula is C6H9ClN2S. The Morgan fingerprint density at radius 1 is 1.70 bits per heavy atom. The lowest BCUT2D eigenvalue weighted by Gasteiger charge is -2.04. The Bertz CT molecular complexity index is 209. The van der Waals surface area contributed by atoms with E-state index in [0.29, 0.717) is 5.88 Å². The van der Waals surface area contributed by atoms with Gasteiger partial charge >= 0.3 is 0 Å². The highest BCUT2D eigenvalue weighted by Crippen LogP contribution is 2.18. The lowest BCUT2D eigenvalue weighted by molar-refractivity contribution is 1.08. The van der Waals surface area contributed by atoms with Crippen molar-refractivity contribution < 1.29 is 0 Å². The molecule has 1 aromatic rings. The van der Waals surface area contributed by atoms with Gasteiger partial charge in [0.05, 0.1) is 11.6 Å². The molecule has 1 rings (SSSR count). The summed E-state index contributed by atoms with van der Waals surface area (Å²) in [6, 6.07) is 0. The quantitative estimate of drug-likeness (QED) is 0.641. The van der Waals surface area contributed by atoms with Gasteiger partial charge in [-0.25, -0.2) is 4.98 Å². The van der Waals surface area contributed by atoms with Gasteiger partial charge in [0, 0.05) is 19.5 Å². The molecule has 0 aromatic carbocycles. The highest BCUT2D eigenvalue weighted by atomic mass is 35.5. The molecule has 56 valence electrons. The molecule has 0 amide bonds. The van der Waals surface area contributed by atoms with Gasteiger partial charge in [-0.1, -0.05) is 0 Å². The van der Waals surface area contributed by atoms with Crippen molar-refractivity contribution in [2.24, 2.45) is 0 Å². The molecule has 0 radical (unpaired) electrons. The first-order chi connectivity index (χ1) is 4.74. The molecule has 0 fully saturated rings. The van der Waals surface area contributed by atoms with Crippen LogP contribution in [-0.4, -0.2) is 19.1 Å². The van der Waals surface area contributed by atoms with Crippen molar-refractivity contribution in [2.45, 2.75) is 5.88 Å². The van der Waals surface area contributed by atoms with Gasteiger partial charge in [-0.2, -0.15) is 0 Å². The molecule has 1 aromatic heterocycles. The van der Waals surface area contributed by atoms with Gasteiger partial charge in [0.2, 0.25) is 0 Å². The SMILES string of the molecule is CN(C)c1nc(CCl)cs1. The number of rotatable bonds is 2. The van der Waals surface area contributed by atoms with Crippen molar-refractivity contribution in [3.8, 4) is 0 Å². The van der Waals surface area contributed by atoms with E-state index in [4.69, 9.17) is 11.6 Å². The van der Waals surface area contributed by atoms with Crippen molar-refractivity contribution in [3.63, 3.8) is 0 Å². The van der Waals surface area contributed by atoms with Crippen molar-refractivity contribution in [2.75, 3.05) is 19.0 Å². The first kappa shape index (κ1) is 7.82. The van der Waals surface area contributed by atoms with Crippen LogP contribution in [-0.2, 0) is 5.88 Å². The summed E-state index contributed by atoms with van der Waals surface area (Å²) in [5.41, 5.74) is 0.954. The zero-order valence-electron chi connectivity index (χ0n) is 5.97. The van der Waals surface area contributed by atoms with E-state index >= 15 is 0 Å². The number of alkyl halides is 1. The number of thiazole rings is 1. The van der Waals surface area contributed by atoms with Crippen LogP contribution in [0.3, 0.4) is 0 Å². The normalized spacial score (nSPS) is 9.90. The van der Waals surface area contributed by atoms with Gasteiger partial charge in [0.1, 0.15) is 0 Å². The molecule has 0 atom stereocenters. The largest absolute Gasteiger partial charge is 0.354 e. The van der Waals surface area contributed by atoms with Crippen LogP contribution < -0.4 is 4.90 Å². The summed E-state index contributed by atoms with van der Waals surface area (Å²) in [4.78, 5) is 6.21. The van der Waals surface area contributed by atoms with E-state index in [1.165, 1.54) is 0 Å². The second kappa shape index (κ2) is 3.21. The Hall–Kier alpha value is -0.280. The number of nitrogens with zero attached hydrogens (tertiary/aromatic N) is 2. The molecule has 0 spiro atoms. The predicted octanol–water partition coefficient (Wildman–Crippen LogP) is 1.95. The monoisotopic (exact) mass is 176 g/mol. The summed E-state index contributed by atoms with van der Waals surface area (Å²) in [6.07, 6.45) is 0. The van der Waals surface area contributed by atoms with E-state index < -0.39 is 0 Å². The molecule has 0 aliphatic rings. The second-order valence-corrected chi connectivity index (χ2v) is 3.25. The topological polar surface area (TPSA) is 16.1 Å². The molecular weight excluding hydrogens is 168 g/mol. The maximum absolute atomic E-state index is 5.57. The van der Waals surface area contributed by atoms with E-state index in [2.05, 4.69) is 4.98 Å². The van der Waals surface area contributed by atoms with Crippen LogP contribution in [0.2, 0.25) is 0 Å². The fourth-order valence-electron chi connectivity index (χ4n) is 0.563. The van der Waals surface area contributed by atoms with Gasteiger partial charge < -0.3 is 4.90 Å². The Balaban J connectivity index is 2.78. The first-order valence-corrected chi connectivity index (χ1v) is 4.33. The molecule has 0 aliphatic heterocycles. The summed E-state index contributed by atoms with van der Waals surface area (Å²) in [5, 5.41) is 2.98. The van der Waals surface area contributed by atoms with Crippen molar-refractivity contribution in [1.82, 2.24) is 4.98 Å². The van der Waals surface area contributed by atoms with E-state index in [1.807, 2.05) is 24.4 Å². The Morgan fingerprint density at radius 2 is 2.40 bits per heavy atom. The van der Waals surface area contributed by atoms with Crippen molar-refractivity contribution >= 4 is 28.1 Å². The third-order valence-corrected chi connectivity index (χ3v) is 2.39. The molecule has 2 nitrogen and oxygen atoms in total. The molecule has 4 heteroatoms. The first-order valence-electron chi connectivity index (χ1n) is 2.91. The van der Waals surface area contributed by atoms with E-state index in [9.17, 15) is 0 Å². The average Bonchev–Trinajstić information content (AvgIpc) is 2.34. The van der Waals surface area contributed by atoms with Crippen LogP contribution in [0.5, 0.6) is 0 Å². The Kier molecular flexibility index (Phi) is 2.51. The van der Waals surface area contributed by atoms with E-state index in [0.717, 1.165) is 10.8 Å². The number of aromatic nitrogens is 1. The molecule has 0 N–H and O–H groups in total. The van der Waals surface area contributed by atoms with Gasteiger partial charge in [-0.15, -0.1) is 22.9 Å². The Labute approximate surface area is 69.4 Å². The smallest absolute Gasteiger partial charge is 0.185 e. The maximum Gasteiger partial charge on any atom is 0.185 e. The van der Waals surface area contributed by atoms with Crippen LogP contribution in [0.1, 0.15) is 5.69 Å². The van der Waals surface area contributed by atoms with Crippen LogP contribution in [0.25, 0.3) is 0 Å². The summed E-state index contributed by atoms with van der Waals surface area (Å²) >= 11 is 7.18. The third-order valence-electron chi connectivity index (χ3n) is 1.06. The standard InChI is InChI=1S/C6H9ClN2S/c1-9(2)6-8-5(3-7)4-10-6/h4H,3H2,1-2H3. The Morgan fingerprint density at radius 3 is 2.70 bits per heavy atom. The fourth-order valence-corrected chi connectivity index (χ4v) is 1.55. The van der Waals surface area contributed by atoms with Gasteiger partial charge in [-0.3, -0.25) is 0 Å². The van der Waals surface area contributed by atoms with Crippen LogP contribution in [0.15, 0.2) is 5.38 Å². The van der Waals surface area contributed by atoms with Crippen LogP contribution in [0, 0.1) is 0 Å². The molecule has 1 heterocycles. The van der Waals surface area contributed by atoms with E-state index in [-0.39, 0.29) is 0 Å². The number of anilines is 1. The number of halogens is 1. The van der Waals surface area contributed by atoms with E-state index in [1.54, 1.807) is 11.3 Å².